The van der Waals surface area contributed by atoms with Gasteiger partial charge < -0.3 is 15.4 Å². The molecule has 0 atom stereocenters. The normalized spacial score (nSPS) is 10.3. The van der Waals surface area contributed by atoms with E-state index in [2.05, 4.69) is 15.6 Å². The van der Waals surface area contributed by atoms with Crippen molar-refractivity contribution in [1.82, 2.24) is 15.6 Å². The number of benzene rings is 2. The molecule has 1 aromatic heterocycles. The lowest BCUT2D eigenvalue weighted by atomic mass is 10.1. The highest BCUT2D eigenvalue weighted by atomic mass is 16.5. The number of carbonyl (C=O) groups excluding carboxylic acids is 2. The number of hydrogen-bond donors (Lipinski definition) is 2. The summed E-state index contributed by atoms with van der Waals surface area (Å²) in [7, 11) is 1.61. The van der Waals surface area contributed by atoms with Gasteiger partial charge in [-0.3, -0.25) is 14.6 Å². The molecule has 0 aliphatic heterocycles. The van der Waals surface area contributed by atoms with Crippen molar-refractivity contribution in [3.63, 3.8) is 0 Å². The molecule has 0 aliphatic rings. The van der Waals surface area contributed by atoms with Gasteiger partial charge in [0.2, 0.25) is 0 Å². The first-order valence-electron chi connectivity index (χ1n) is 9.26. The van der Waals surface area contributed by atoms with Gasteiger partial charge in [0.25, 0.3) is 11.8 Å². The van der Waals surface area contributed by atoms with Gasteiger partial charge in [-0.05, 0) is 42.3 Å². The molecule has 0 bridgehead atoms. The van der Waals surface area contributed by atoms with Gasteiger partial charge in [0.05, 0.1) is 7.11 Å². The van der Waals surface area contributed by atoms with Crippen molar-refractivity contribution in [2.45, 2.75) is 20.0 Å². The molecule has 3 rings (SSSR count). The number of hydrogen-bond acceptors (Lipinski definition) is 4. The van der Waals surface area contributed by atoms with Crippen LogP contribution in [0, 0.1) is 6.92 Å². The van der Waals surface area contributed by atoms with Crippen molar-refractivity contribution in [2.24, 2.45) is 0 Å². The molecule has 0 spiro atoms. The predicted octanol–water partition coefficient (Wildman–Crippen LogP) is 3.26. The number of methoxy groups -OCH3 is 1. The zero-order valence-electron chi connectivity index (χ0n) is 16.4. The van der Waals surface area contributed by atoms with E-state index in [9.17, 15) is 9.59 Å². The summed E-state index contributed by atoms with van der Waals surface area (Å²) < 4.78 is 5.12. The average molecular weight is 389 g/mol. The lowest BCUT2D eigenvalue weighted by molar-refractivity contribution is 0.0946. The fourth-order valence-electron chi connectivity index (χ4n) is 2.70. The van der Waals surface area contributed by atoms with Crippen LogP contribution in [0.15, 0.2) is 66.9 Å². The van der Waals surface area contributed by atoms with Crippen LogP contribution >= 0.6 is 0 Å². The van der Waals surface area contributed by atoms with Crippen molar-refractivity contribution in [3.8, 4) is 5.75 Å². The number of ether oxygens (including phenoxy) is 1. The van der Waals surface area contributed by atoms with Crippen molar-refractivity contribution < 1.29 is 14.3 Å². The summed E-state index contributed by atoms with van der Waals surface area (Å²) in [5, 5.41) is 5.67. The van der Waals surface area contributed by atoms with Crippen LogP contribution in [0.1, 0.15) is 37.5 Å². The van der Waals surface area contributed by atoms with E-state index in [0.29, 0.717) is 18.7 Å². The van der Waals surface area contributed by atoms with Gasteiger partial charge >= 0.3 is 0 Å². The van der Waals surface area contributed by atoms with Gasteiger partial charge in [0.1, 0.15) is 11.4 Å². The van der Waals surface area contributed by atoms with Crippen LogP contribution in [0.4, 0.5) is 0 Å². The van der Waals surface area contributed by atoms with Crippen LogP contribution in [0.3, 0.4) is 0 Å². The number of amides is 2. The lowest BCUT2D eigenvalue weighted by Crippen LogP contribution is -2.26. The molecule has 3 aromatic rings. The Balaban J connectivity index is 1.57. The predicted molar refractivity (Wildman–Crippen MR) is 111 cm³/mol. The van der Waals surface area contributed by atoms with Crippen molar-refractivity contribution in [2.75, 3.05) is 7.11 Å². The minimum Gasteiger partial charge on any atom is -0.497 e. The van der Waals surface area contributed by atoms with Crippen LogP contribution < -0.4 is 15.4 Å². The molecular formula is C23H23N3O3. The first-order valence-corrected chi connectivity index (χ1v) is 9.26. The van der Waals surface area contributed by atoms with E-state index in [-0.39, 0.29) is 17.5 Å². The summed E-state index contributed by atoms with van der Waals surface area (Å²) in [6.07, 6.45) is 1.46. The Bertz CT molecular complexity index is 983. The summed E-state index contributed by atoms with van der Waals surface area (Å²) in [6.45, 7) is 2.78. The third kappa shape index (κ3) is 5.65. The van der Waals surface area contributed by atoms with Gasteiger partial charge in [-0.1, -0.05) is 42.0 Å². The van der Waals surface area contributed by atoms with Crippen LogP contribution in [0.25, 0.3) is 0 Å². The Morgan fingerprint density at radius 1 is 0.862 bits per heavy atom. The van der Waals surface area contributed by atoms with Crippen molar-refractivity contribution in [1.29, 1.82) is 0 Å². The number of aryl methyl sites for hydroxylation is 1. The van der Waals surface area contributed by atoms with Crippen LogP contribution in [0.2, 0.25) is 0 Å². The molecule has 6 heteroatoms. The quantitative estimate of drug-likeness (QED) is 0.650. The Morgan fingerprint density at radius 3 is 2.07 bits per heavy atom. The van der Waals surface area contributed by atoms with E-state index in [0.717, 1.165) is 22.4 Å². The first-order chi connectivity index (χ1) is 14.0. The number of nitrogens with zero attached hydrogens (tertiary/aromatic N) is 1. The molecule has 0 aliphatic carbocycles. The van der Waals surface area contributed by atoms with Crippen molar-refractivity contribution in [3.05, 3.63) is 94.8 Å². The zero-order chi connectivity index (χ0) is 20.6. The minimum absolute atomic E-state index is 0.203. The molecule has 2 aromatic carbocycles. The number of aromatic nitrogens is 1. The third-order valence-corrected chi connectivity index (χ3v) is 4.44. The van der Waals surface area contributed by atoms with Gasteiger partial charge in [0, 0.05) is 24.8 Å². The van der Waals surface area contributed by atoms with Crippen LogP contribution in [-0.4, -0.2) is 23.9 Å². The molecule has 29 heavy (non-hydrogen) atoms. The zero-order valence-corrected chi connectivity index (χ0v) is 16.4. The monoisotopic (exact) mass is 389 g/mol. The largest absolute Gasteiger partial charge is 0.497 e. The Hall–Kier alpha value is -3.67. The van der Waals surface area contributed by atoms with E-state index in [1.54, 1.807) is 13.2 Å². The van der Waals surface area contributed by atoms with Gasteiger partial charge in [0.15, 0.2) is 0 Å². The number of carbonyl (C=O) groups is 2. The number of rotatable bonds is 7. The Labute approximate surface area is 169 Å². The molecule has 0 unspecified atom stereocenters. The summed E-state index contributed by atoms with van der Waals surface area (Å²) in [5.41, 5.74) is 3.69. The molecular weight excluding hydrogens is 366 g/mol. The average Bonchev–Trinajstić information content (AvgIpc) is 2.77. The topological polar surface area (TPSA) is 80.3 Å². The fourth-order valence-corrected chi connectivity index (χ4v) is 2.70. The number of pyridine rings is 1. The van der Waals surface area contributed by atoms with Crippen molar-refractivity contribution >= 4 is 11.8 Å². The second-order valence-corrected chi connectivity index (χ2v) is 6.63. The van der Waals surface area contributed by atoms with E-state index >= 15 is 0 Å². The van der Waals surface area contributed by atoms with Gasteiger partial charge in [-0.2, -0.15) is 0 Å². The fraction of sp³-hybridized carbons (Fsp3) is 0.174. The smallest absolute Gasteiger partial charge is 0.270 e. The highest BCUT2D eigenvalue weighted by Gasteiger charge is 2.12. The lowest BCUT2D eigenvalue weighted by Gasteiger charge is -2.08. The first kappa shape index (κ1) is 20.1. The maximum absolute atomic E-state index is 12.4. The van der Waals surface area contributed by atoms with E-state index in [4.69, 9.17) is 4.74 Å². The third-order valence-electron chi connectivity index (χ3n) is 4.44. The summed E-state index contributed by atoms with van der Waals surface area (Å²) in [5.74, 6) is 0.168. The van der Waals surface area contributed by atoms with Crippen LogP contribution in [-0.2, 0) is 13.1 Å². The van der Waals surface area contributed by atoms with E-state index in [1.165, 1.54) is 12.3 Å². The molecule has 2 amide bonds. The standard InChI is InChI=1S/C23H23N3O3/c1-16-3-5-17(6-4-16)15-26-23(28)21-13-19(11-12-24-21)22(27)25-14-18-7-9-20(29-2)10-8-18/h3-13H,14-15H2,1-2H3,(H,25,27)(H,26,28). The summed E-state index contributed by atoms with van der Waals surface area (Å²) in [4.78, 5) is 28.9. The van der Waals surface area contributed by atoms with E-state index in [1.807, 2.05) is 55.5 Å². The molecule has 1 heterocycles. The minimum atomic E-state index is -0.324. The maximum atomic E-state index is 12.4. The van der Waals surface area contributed by atoms with E-state index < -0.39 is 0 Å². The molecule has 0 fully saturated rings. The van der Waals surface area contributed by atoms with Crippen LogP contribution in [0.5, 0.6) is 5.75 Å². The molecule has 148 valence electrons. The summed E-state index contributed by atoms with van der Waals surface area (Å²) >= 11 is 0. The molecule has 6 nitrogen and oxygen atoms in total. The Morgan fingerprint density at radius 2 is 1.45 bits per heavy atom. The van der Waals surface area contributed by atoms with Gasteiger partial charge in [-0.25, -0.2) is 0 Å². The second kappa shape index (κ2) is 9.50. The molecule has 0 saturated heterocycles. The summed E-state index contributed by atoms with van der Waals surface area (Å²) in [6, 6.07) is 18.4. The highest BCUT2D eigenvalue weighted by Crippen LogP contribution is 2.11. The van der Waals surface area contributed by atoms with Gasteiger partial charge in [-0.15, -0.1) is 0 Å². The Kier molecular flexibility index (Phi) is 6.58. The maximum Gasteiger partial charge on any atom is 0.270 e. The molecule has 0 radical (unpaired) electrons. The second-order valence-electron chi connectivity index (χ2n) is 6.63. The SMILES string of the molecule is COc1ccc(CNC(=O)c2ccnc(C(=O)NCc3ccc(C)cc3)c2)cc1. The molecule has 0 saturated carbocycles. The molecule has 2 N–H and O–H groups in total. The number of nitrogens with one attached hydrogen (secondary N) is 2. The highest BCUT2D eigenvalue weighted by molar-refractivity contribution is 5.98.